The van der Waals surface area contributed by atoms with Crippen LogP contribution >= 0.6 is 23.2 Å². The molecule has 0 radical (unpaired) electrons. The molecule has 6 heavy (non-hydrogen) atoms. The van der Waals surface area contributed by atoms with Crippen molar-refractivity contribution in [3.05, 3.63) is 9.71 Å². The lowest BCUT2D eigenvalue weighted by molar-refractivity contribution is -0.284. The van der Waals surface area contributed by atoms with E-state index in [1.807, 2.05) is 0 Å². The molecule has 0 atom stereocenters. The maximum absolute atomic E-state index is 7.88. The summed E-state index contributed by atoms with van der Waals surface area (Å²) in [6, 6.07) is 0. The number of hydrogen-bond donors (Lipinski definition) is 0. The molecule has 0 aromatic heterocycles. The Morgan fingerprint density at radius 3 is 1.67 bits per heavy atom. The first-order valence-electron chi connectivity index (χ1n) is 0.868. The van der Waals surface area contributed by atoms with Crippen LogP contribution in [-0.4, -0.2) is 5.34 Å². The Labute approximate surface area is 44.3 Å². The molecular weight excluding hydrogens is 131 g/mol. The van der Waals surface area contributed by atoms with E-state index in [9.17, 15) is 0 Å². The SMILES string of the molecule is ClCCl.O=[O+][O-]. The number of hydrogen-bond acceptors (Lipinski definition) is 2. The molecule has 0 fully saturated rings. The molecule has 0 saturated carbocycles. The van der Waals surface area contributed by atoms with E-state index >= 15 is 0 Å². The summed E-state index contributed by atoms with van der Waals surface area (Å²) in [6.07, 6.45) is 0. The molecule has 0 N–H and O–H groups in total. The molecule has 0 aliphatic rings. The predicted molar refractivity (Wildman–Crippen MR) is 23.3 cm³/mol. The second kappa shape index (κ2) is 20.1. The smallest absolute Gasteiger partial charge is 0.109 e. The highest BCUT2D eigenvalue weighted by Gasteiger charge is 1.41. The molecule has 0 unspecified atom stereocenters. The van der Waals surface area contributed by atoms with Gasteiger partial charge in [-0.1, -0.05) is 10.2 Å². The minimum absolute atomic E-state index is 0.194. The van der Waals surface area contributed by atoms with Crippen LogP contribution in [-0.2, 0) is 0 Å². The molecule has 0 heterocycles. The first-order chi connectivity index (χ1) is 2.83. The summed E-state index contributed by atoms with van der Waals surface area (Å²) in [4.78, 5) is 7.88. The summed E-state index contributed by atoms with van der Waals surface area (Å²) in [6.45, 7) is 0. The van der Waals surface area contributed by atoms with Crippen molar-refractivity contribution < 1.29 is 5.26 Å². The molecule has 0 bridgehead atoms. The first-order valence-corrected chi connectivity index (χ1v) is 1.94. The van der Waals surface area contributed by atoms with Gasteiger partial charge in [-0.3, -0.25) is 0 Å². The Morgan fingerprint density at radius 1 is 1.67 bits per heavy atom. The van der Waals surface area contributed by atoms with Crippen molar-refractivity contribution in [3.8, 4) is 0 Å². The van der Waals surface area contributed by atoms with Gasteiger partial charge in [0, 0.05) is 0 Å². The predicted octanol–water partition coefficient (Wildman–Crippen LogP) is 0.300. The fourth-order valence-electron chi connectivity index (χ4n) is 0. The summed E-state index contributed by atoms with van der Waals surface area (Å²) >= 11 is 9.53. The number of alkyl halides is 2. The monoisotopic (exact) mass is 132 g/mol. The fourth-order valence-corrected chi connectivity index (χ4v) is 0. The molecular formula is CH2Cl2O3. The summed E-state index contributed by atoms with van der Waals surface area (Å²) in [5.41, 5.74) is 0. The van der Waals surface area contributed by atoms with Gasteiger partial charge in [0.2, 0.25) is 0 Å². The molecule has 0 aliphatic carbocycles. The zero-order chi connectivity index (χ0) is 5.41. The van der Waals surface area contributed by atoms with Crippen molar-refractivity contribution in [3.63, 3.8) is 0 Å². The van der Waals surface area contributed by atoms with Crippen molar-refractivity contribution in [2.75, 3.05) is 5.34 Å². The van der Waals surface area contributed by atoms with E-state index in [1.165, 1.54) is 0 Å². The van der Waals surface area contributed by atoms with Crippen molar-refractivity contribution in [1.82, 2.24) is 0 Å². The average molecular weight is 133 g/mol. The molecule has 0 saturated heterocycles. The van der Waals surface area contributed by atoms with Crippen molar-refractivity contribution in [2.24, 2.45) is 0 Å². The van der Waals surface area contributed by atoms with E-state index in [0.29, 0.717) is 0 Å². The topological polar surface area (TPSA) is 51.4 Å². The standard InChI is InChI=1S/CH2Cl2.O3/c2-1-3;1-3-2/h1H2;. The van der Waals surface area contributed by atoms with Gasteiger partial charge in [0.15, 0.2) is 4.75 Å². The highest BCUT2D eigenvalue weighted by Crippen LogP contribution is 1.73. The van der Waals surface area contributed by atoms with Gasteiger partial charge in [-0.15, -0.1) is 23.2 Å². The lowest BCUT2D eigenvalue weighted by Crippen LogP contribution is -1.82. The Bertz CT molecular complexity index is 22.8. The summed E-state index contributed by atoms with van der Waals surface area (Å²) in [5, 5.41) is 8.07. The van der Waals surface area contributed by atoms with E-state index in [1.54, 1.807) is 4.75 Å². The van der Waals surface area contributed by atoms with Gasteiger partial charge in [0.1, 0.15) is 0 Å². The summed E-state index contributed by atoms with van der Waals surface area (Å²) in [7, 11) is 0. The van der Waals surface area contributed by atoms with Crippen LogP contribution in [0.1, 0.15) is 0 Å². The second-order valence-electron chi connectivity index (χ2n) is 0.169. The van der Waals surface area contributed by atoms with E-state index in [-0.39, 0.29) is 5.34 Å². The zero-order valence-corrected chi connectivity index (χ0v) is 4.20. The third-order valence-corrected chi connectivity index (χ3v) is 0. The summed E-state index contributed by atoms with van der Waals surface area (Å²) in [5.74, 6) is 0. The van der Waals surface area contributed by atoms with E-state index in [4.69, 9.17) is 33.4 Å². The Hall–Kier alpha value is -0.0200. The van der Waals surface area contributed by atoms with Crippen molar-refractivity contribution in [1.29, 1.82) is 0 Å². The lowest BCUT2D eigenvalue weighted by atomic mass is 11.9. The lowest BCUT2D eigenvalue weighted by Gasteiger charge is -1.42. The van der Waals surface area contributed by atoms with Crippen LogP contribution in [0.3, 0.4) is 0 Å². The van der Waals surface area contributed by atoms with Crippen LogP contribution < -0.4 is 5.26 Å². The average Bonchev–Trinajstić information content (AvgIpc) is 1.39. The molecule has 0 spiro atoms. The minimum atomic E-state index is 0.194. The molecule has 3 nitrogen and oxygen atoms in total. The molecule has 0 aromatic carbocycles. The van der Waals surface area contributed by atoms with Crippen LogP contribution in [0.15, 0.2) is 0 Å². The number of halogens is 2. The first kappa shape index (κ1) is 9.36. The molecule has 0 amide bonds. The van der Waals surface area contributed by atoms with Crippen LogP contribution in [0, 0.1) is 9.71 Å². The normalized spacial score (nSPS) is 5.00. The highest BCUT2D eigenvalue weighted by molar-refractivity contribution is 6.40. The molecule has 38 valence electrons. The minimum Gasteiger partial charge on any atom is -0.109 e. The third kappa shape index (κ3) is 88400. The van der Waals surface area contributed by atoms with Gasteiger partial charge in [0.05, 0.1) is 5.34 Å². The highest BCUT2D eigenvalue weighted by atomic mass is 35.5. The fraction of sp³-hybridized carbons (Fsp3) is 1.00. The zero-order valence-electron chi connectivity index (χ0n) is 2.69. The Morgan fingerprint density at radius 2 is 1.67 bits per heavy atom. The van der Waals surface area contributed by atoms with Gasteiger partial charge in [-0.25, -0.2) is 0 Å². The second-order valence-corrected chi connectivity index (χ2v) is 0.977. The van der Waals surface area contributed by atoms with Crippen LogP contribution in [0.4, 0.5) is 0 Å². The van der Waals surface area contributed by atoms with E-state index < -0.39 is 0 Å². The van der Waals surface area contributed by atoms with Crippen molar-refractivity contribution >= 4 is 23.2 Å². The van der Waals surface area contributed by atoms with Crippen LogP contribution in [0.2, 0.25) is 0 Å². The van der Waals surface area contributed by atoms with E-state index in [0.717, 1.165) is 0 Å². The van der Waals surface area contributed by atoms with Gasteiger partial charge < -0.3 is 0 Å². The van der Waals surface area contributed by atoms with Crippen LogP contribution in [0.5, 0.6) is 0 Å². The molecule has 0 aromatic rings. The van der Waals surface area contributed by atoms with Crippen molar-refractivity contribution in [2.45, 2.75) is 0 Å². The van der Waals surface area contributed by atoms with Crippen LogP contribution in [0.25, 0.3) is 0 Å². The van der Waals surface area contributed by atoms with Gasteiger partial charge in [-0.05, 0) is 0 Å². The van der Waals surface area contributed by atoms with E-state index in [2.05, 4.69) is 0 Å². The molecule has 0 rings (SSSR count). The maximum atomic E-state index is 7.88. The van der Waals surface area contributed by atoms with Gasteiger partial charge in [0.25, 0.3) is 0 Å². The van der Waals surface area contributed by atoms with Gasteiger partial charge in [-0.2, -0.15) is 0 Å². The summed E-state index contributed by atoms with van der Waals surface area (Å²) < 4.78 is 1.75. The largest absolute Gasteiger partial charge is 0.154 e. The maximum Gasteiger partial charge on any atom is 0.154 e. The van der Waals surface area contributed by atoms with Gasteiger partial charge >= 0.3 is 0 Å². The third-order valence-electron chi connectivity index (χ3n) is 0. The molecule has 0 aliphatic heterocycles. The molecule has 5 heteroatoms. The quantitative estimate of drug-likeness (QED) is 0.206. The Balaban J connectivity index is 0. The number of rotatable bonds is 0. The Kier molecular flexibility index (Phi) is 31.4.